The number of aryl methyl sites for hydroxylation is 1. The van der Waals surface area contributed by atoms with Crippen LogP contribution >= 0.6 is 0 Å². The summed E-state index contributed by atoms with van der Waals surface area (Å²) in [4.78, 5) is 30.8. The molecule has 1 aromatic carbocycles. The van der Waals surface area contributed by atoms with Crippen LogP contribution in [0.2, 0.25) is 0 Å². The smallest absolute Gasteiger partial charge is 0.271 e. The summed E-state index contributed by atoms with van der Waals surface area (Å²) >= 11 is 0. The Labute approximate surface area is 145 Å². The fourth-order valence-corrected chi connectivity index (χ4v) is 2.99. The van der Waals surface area contributed by atoms with E-state index < -0.39 is 15.9 Å². The van der Waals surface area contributed by atoms with Crippen LogP contribution < -0.4 is 10.0 Å². The van der Waals surface area contributed by atoms with Gasteiger partial charge in [0, 0.05) is 19.7 Å². The minimum Gasteiger partial charge on any atom is -0.350 e. The number of carbonyl (C=O) groups excluding carboxylic acids is 2. The Morgan fingerprint density at radius 1 is 1.08 bits per heavy atom. The summed E-state index contributed by atoms with van der Waals surface area (Å²) in [6.07, 6.45) is 3.45. The molecule has 0 radical (unpaired) electrons. The molecule has 2 N–H and O–H groups in total. The Bertz CT molecular complexity index is 862. The summed E-state index contributed by atoms with van der Waals surface area (Å²) in [5.41, 5.74) is 1.81. The molecular weight excluding hydrogens is 344 g/mol. The summed E-state index contributed by atoms with van der Waals surface area (Å²) in [5.74, 6) is -0.969. The van der Waals surface area contributed by atoms with E-state index in [1.807, 2.05) is 4.72 Å². The predicted molar refractivity (Wildman–Crippen MR) is 90.3 cm³/mol. The quantitative estimate of drug-likeness (QED) is 0.776. The molecule has 0 spiro atoms. The van der Waals surface area contributed by atoms with Gasteiger partial charge in [0.1, 0.15) is 5.69 Å². The summed E-state index contributed by atoms with van der Waals surface area (Å²) in [5, 5.41) is 2.72. The zero-order chi connectivity index (χ0) is 18.4. The van der Waals surface area contributed by atoms with E-state index in [1.165, 1.54) is 24.5 Å². The molecule has 0 aliphatic rings. The van der Waals surface area contributed by atoms with Crippen molar-refractivity contribution < 1.29 is 18.0 Å². The second-order valence-corrected chi connectivity index (χ2v) is 7.04. The van der Waals surface area contributed by atoms with Gasteiger partial charge >= 0.3 is 0 Å². The van der Waals surface area contributed by atoms with Crippen LogP contribution in [0.15, 0.2) is 41.6 Å². The van der Waals surface area contributed by atoms with Crippen molar-refractivity contribution in [3.63, 3.8) is 0 Å². The van der Waals surface area contributed by atoms with Crippen LogP contribution in [0.3, 0.4) is 0 Å². The molecular formula is C16H18N4O4S. The number of nitrogens with zero attached hydrogens (tertiary/aromatic N) is 2. The molecule has 0 saturated carbocycles. The minimum atomic E-state index is -3.83. The van der Waals surface area contributed by atoms with Gasteiger partial charge in [-0.25, -0.2) is 18.1 Å². The molecule has 8 nitrogen and oxygen atoms in total. The third-order valence-corrected chi connectivity index (χ3v) is 4.67. The Hall–Kier alpha value is -2.81. The molecule has 0 saturated heterocycles. The number of sulfonamides is 1. The number of carbonyl (C=O) groups is 2. The highest BCUT2D eigenvalue weighted by molar-refractivity contribution is 7.90. The van der Waals surface area contributed by atoms with E-state index in [2.05, 4.69) is 15.3 Å². The molecule has 2 aromatic rings. The van der Waals surface area contributed by atoms with Crippen LogP contribution in [0.25, 0.3) is 0 Å². The molecule has 0 bridgehead atoms. The van der Waals surface area contributed by atoms with Gasteiger partial charge in [-0.3, -0.25) is 14.6 Å². The van der Waals surface area contributed by atoms with E-state index >= 15 is 0 Å². The largest absolute Gasteiger partial charge is 0.350 e. The van der Waals surface area contributed by atoms with Crippen molar-refractivity contribution in [2.75, 3.05) is 6.54 Å². The van der Waals surface area contributed by atoms with Crippen molar-refractivity contribution in [1.29, 1.82) is 0 Å². The number of nitrogens with one attached hydrogen (secondary N) is 2. The number of aromatic nitrogens is 2. The van der Waals surface area contributed by atoms with Gasteiger partial charge in [-0.1, -0.05) is 12.1 Å². The minimum absolute atomic E-state index is 0.00501. The van der Waals surface area contributed by atoms with Crippen molar-refractivity contribution in [3.05, 3.63) is 53.6 Å². The molecule has 2 rings (SSSR count). The molecule has 0 fully saturated rings. The van der Waals surface area contributed by atoms with E-state index in [-0.39, 0.29) is 16.5 Å². The first-order valence-corrected chi connectivity index (χ1v) is 8.95. The second-order valence-electron chi connectivity index (χ2n) is 5.35. The lowest BCUT2D eigenvalue weighted by atomic mass is 10.1. The fraction of sp³-hybridized carbons (Fsp3) is 0.250. The Kier molecular flexibility index (Phi) is 5.81. The Morgan fingerprint density at radius 2 is 1.76 bits per heavy atom. The first-order chi connectivity index (χ1) is 11.8. The summed E-state index contributed by atoms with van der Waals surface area (Å²) in [6.45, 7) is 3.28. The molecule has 0 aliphatic carbocycles. The third-order valence-electron chi connectivity index (χ3n) is 3.22. The monoisotopic (exact) mass is 362 g/mol. The summed E-state index contributed by atoms with van der Waals surface area (Å²) in [7, 11) is -3.83. The van der Waals surface area contributed by atoms with Crippen molar-refractivity contribution in [3.8, 4) is 0 Å². The Morgan fingerprint density at radius 3 is 2.32 bits per heavy atom. The first kappa shape index (κ1) is 18.5. The number of hydrogen-bond acceptors (Lipinski definition) is 6. The maximum absolute atomic E-state index is 11.9. The van der Waals surface area contributed by atoms with Gasteiger partial charge in [-0.05, 0) is 31.0 Å². The standard InChI is InChI=1S/C16H18N4O4S/c1-11-9-19-15(10-18-11)16(22)17-8-7-13-3-5-14(6-4-13)25(23,24)20-12(2)21/h3-6,9-10H,7-8H2,1-2H3,(H,17,22)(H,20,21). The first-order valence-electron chi connectivity index (χ1n) is 7.47. The molecule has 1 aromatic heterocycles. The molecule has 9 heteroatoms. The van der Waals surface area contributed by atoms with Crippen LogP contribution in [-0.2, 0) is 21.2 Å². The lowest BCUT2D eigenvalue weighted by Gasteiger charge is -2.07. The molecule has 25 heavy (non-hydrogen) atoms. The summed E-state index contributed by atoms with van der Waals surface area (Å²) < 4.78 is 25.6. The average Bonchev–Trinajstić information content (AvgIpc) is 2.54. The van der Waals surface area contributed by atoms with Gasteiger partial charge in [0.05, 0.1) is 16.8 Å². The predicted octanol–water partition coefficient (Wildman–Crippen LogP) is 0.582. The number of rotatable bonds is 6. The SMILES string of the molecule is CC(=O)NS(=O)(=O)c1ccc(CCNC(=O)c2cnc(C)cn2)cc1. The number of benzene rings is 1. The third kappa shape index (κ3) is 5.35. The topological polar surface area (TPSA) is 118 Å². The number of amides is 2. The van der Waals surface area contributed by atoms with Crippen molar-refractivity contribution in [1.82, 2.24) is 20.0 Å². The Balaban J connectivity index is 1.90. The summed E-state index contributed by atoms with van der Waals surface area (Å²) in [6, 6.07) is 6.08. The van der Waals surface area contributed by atoms with E-state index in [9.17, 15) is 18.0 Å². The fourth-order valence-electron chi connectivity index (χ4n) is 2.00. The normalized spacial score (nSPS) is 11.0. The maximum Gasteiger partial charge on any atom is 0.271 e. The molecule has 0 unspecified atom stereocenters. The van der Waals surface area contributed by atoms with Crippen molar-refractivity contribution in [2.45, 2.75) is 25.2 Å². The highest BCUT2D eigenvalue weighted by Gasteiger charge is 2.15. The van der Waals surface area contributed by atoms with Crippen molar-refractivity contribution in [2.24, 2.45) is 0 Å². The van der Waals surface area contributed by atoms with Gasteiger partial charge in [0.25, 0.3) is 15.9 Å². The van der Waals surface area contributed by atoms with E-state index in [0.29, 0.717) is 13.0 Å². The highest BCUT2D eigenvalue weighted by atomic mass is 32.2. The van der Waals surface area contributed by atoms with Crippen LogP contribution in [0.5, 0.6) is 0 Å². The van der Waals surface area contributed by atoms with E-state index in [4.69, 9.17) is 0 Å². The lowest BCUT2D eigenvalue weighted by molar-refractivity contribution is -0.117. The van der Waals surface area contributed by atoms with Crippen molar-refractivity contribution >= 4 is 21.8 Å². The maximum atomic E-state index is 11.9. The van der Waals surface area contributed by atoms with Crippen LogP contribution in [0.4, 0.5) is 0 Å². The van der Waals surface area contributed by atoms with Crippen LogP contribution in [-0.4, -0.2) is 36.7 Å². The lowest BCUT2D eigenvalue weighted by Crippen LogP contribution is -2.28. The average molecular weight is 362 g/mol. The van der Waals surface area contributed by atoms with Crippen LogP contribution in [0.1, 0.15) is 28.7 Å². The van der Waals surface area contributed by atoms with Gasteiger partial charge in [-0.15, -0.1) is 0 Å². The highest BCUT2D eigenvalue weighted by Crippen LogP contribution is 2.10. The molecule has 0 atom stereocenters. The zero-order valence-electron chi connectivity index (χ0n) is 13.8. The van der Waals surface area contributed by atoms with Gasteiger partial charge in [-0.2, -0.15) is 0 Å². The molecule has 0 aliphatic heterocycles. The van der Waals surface area contributed by atoms with Gasteiger partial charge in [0.15, 0.2) is 0 Å². The molecule has 2 amide bonds. The van der Waals surface area contributed by atoms with E-state index in [1.54, 1.807) is 19.1 Å². The second kappa shape index (κ2) is 7.84. The molecule has 1 heterocycles. The number of hydrogen-bond donors (Lipinski definition) is 2. The van der Waals surface area contributed by atoms with E-state index in [0.717, 1.165) is 18.2 Å². The van der Waals surface area contributed by atoms with Gasteiger partial charge < -0.3 is 5.32 Å². The zero-order valence-corrected chi connectivity index (χ0v) is 14.6. The molecule has 132 valence electrons. The van der Waals surface area contributed by atoms with Gasteiger partial charge in [0.2, 0.25) is 5.91 Å². The van der Waals surface area contributed by atoms with Crippen LogP contribution in [0, 0.1) is 6.92 Å².